The molecule has 0 fully saturated rings. The lowest BCUT2D eigenvalue weighted by atomic mass is 10.1. The number of hydrogen-bond acceptors (Lipinski definition) is 4. The standard InChI is InChI=1S/C8H12F2O4S/c1-15(11,12)14-5-6(8(9)10)7-3-2-4-13-7/h2-3,6-8H,4-5H2,1H3/t6-,7-/m0/s1. The Kier molecular flexibility index (Phi) is 4.18. The van der Waals surface area contributed by atoms with E-state index in [4.69, 9.17) is 4.74 Å². The minimum absolute atomic E-state index is 0.271. The van der Waals surface area contributed by atoms with Crippen LogP contribution in [0.25, 0.3) is 0 Å². The smallest absolute Gasteiger partial charge is 0.264 e. The Hall–Kier alpha value is -0.530. The molecule has 88 valence electrons. The zero-order chi connectivity index (χ0) is 11.5. The average Bonchev–Trinajstić information content (AvgIpc) is 2.54. The Labute approximate surface area is 87.0 Å². The Morgan fingerprint density at radius 1 is 1.60 bits per heavy atom. The molecule has 1 rings (SSSR count). The molecule has 0 aromatic rings. The normalized spacial score (nSPS) is 23.6. The highest BCUT2D eigenvalue weighted by molar-refractivity contribution is 7.85. The highest BCUT2D eigenvalue weighted by Crippen LogP contribution is 2.22. The fourth-order valence-electron chi connectivity index (χ4n) is 1.19. The highest BCUT2D eigenvalue weighted by Gasteiger charge is 2.31. The minimum Gasteiger partial charge on any atom is -0.369 e. The summed E-state index contributed by atoms with van der Waals surface area (Å²) in [6.45, 7) is -0.293. The Morgan fingerprint density at radius 3 is 2.67 bits per heavy atom. The number of halogens is 2. The van der Waals surface area contributed by atoms with E-state index in [9.17, 15) is 17.2 Å². The fraction of sp³-hybridized carbons (Fsp3) is 0.750. The van der Waals surface area contributed by atoms with E-state index in [0.717, 1.165) is 6.26 Å². The molecule has 0 aromatic heterocycles. The van der Waals surface area contributed by atoms with Crippen LogP contribution in [0.15, 0.2) is 12.2 Å². The van der Waals surface area contributed by atoms with Crippen LogP contribution in [0.2, 0.25) is 0 Å². The van der Waals surface area contributed by atoms with Crippen molar-refractivity contribution in [1.82, 2.24) is 0 Å². The third kappa shape index (κ3) is 4.23. The van der Waals surface area contributed by atoms with Gasteiger partial charge in [-0.15, -0.1) is 0 Å². The van der Waals surface area contributed by atoms with Crippen molar-refractivity contribution in [3.8, 4) is 0 Å². The maximum absolute atomic E-state index is 12.5. The van der Waals surface area contributed by atoms with E-state index < -0.39 is 35.2 Å². The van der Waals surface area contributed by atoms with E-state index >= 15 is 0 Å². The maximum atomic E-state index is 12.5. The number of hydrogen-bond donors (Lipinski definition) is 0. The SMILES string of the molecule is CS(=O)(=O)OC[C@H](C(F)F)[C@@H]1C=CCO1. The van der Waals surface area contributed by atoms with Gasteiger partial charge in [-0.05, 0) is 0 Å². The fourth-order valence-corrected chi connectivity index (χ4v) is 1.60. The summed E-state index contributed by atoms with van der Waals surface area (Å²) >= 11 is 0. The third-order valence-corrected chi connectivity index (χ3v) is 2.50. The minimum atomic E-state index is -3.70. The average molecular weight is 242 g/mol. The van der Waals surface area contributed by atoms with Gasteiger partial charge < -0.3 is 4.74 Å². The lowest BCUT2D eigenvalue weighted by molar-refractivity contribution is -0.0284. The molecule has 0 aromatic carbocycles. The number of ether oxygens (including phenoxy) is 1. The van der Waals surface area contributed by atoms with Crippen molar-refractivity contribution in [2.24, 2.45) is 5.92 Å². The van der Waals surface area contributed by atoms with Crippen LogP contribution in [0.1, 0.15) is 0 Å². The largest absolute Gasteiger partial charge is 0.369 e. The molecule has 15 heavy (non-hydrogen) atoms. The van der Waals surface area contributed by atoms with Gasteiger partial charge in [-0.1, -0.05) is 12.2 Å². The number of rotatable bonds is 5. The molecule has 7 heteroatoms. The molecule has 1 heterocycles. The lowest BCUT2D eigenvalue weighted by Gasteiger charge is -2.20. The summed E-state index contributed by atoms with van der Waals surface area (Å²) in [5.74, 6) is -1.25. The number of alkyl halides is 2. The second-order valence-corrected chi connectivity index (χ2v) is 4.86. The van der Waals surface area contributed by atoms with E-state index in [0.29, 0.717) is 0 Å². The van der Waals surface area contributed by atoms with E-state index in [-0.39, 0.29) is 6.61 Å². The molecule has 0 amide bonds. The summed E-state index contributed by atoms with van der Waals surface area (Å²) < 4.78 is 55.7. The van der Waals surface area contributed by atoms with Crippen molar-refractivity contribution in [2.75, 3.05) is 19.5 Å². The topological polar surface area (TPSA) is 52.6 Å². The van der Waals surface area contributed by atoms with E-state index in [2.05, 4.69) is 4.18 Å². The van der Waals surface area contributed by atoms with Gasteiger partial charge in [0, 0.05) is 0 Å². The van der Waals surface area contributed by atoms with Crippen LogP contribution < -0.4 is 0 Å². The molecule has 0 unspecified atom stereocenters. The Bertz CT molecular complexity index is 326. The molecule has 0 N–H and O–H groups in total. The van der Waals surface area contributed by atoms with Crippen molar-refractivity contribution >= 4 is 10.1 Å². The second-order valence-electron chi connectivity index (χ2n) is 3.21. The molecule has 1 aliphatic rings. The molecule has 0 saturated carbocycles. The van der Waals surface area contributed by atoms with Gasteiger partial charge in [0.1, 0.15) is 0 Å². The first-order valence-electron chi connectivity index (χ1n) is 4.31. The van der Waals surface area contributed by atoms with Crippen molar-refractivity contribution in [3.05, 3.63) is 12.2 Å². The zero-order valence-electron chi connectivity index (χ0n) is 8.10. The molecular formula is C8H12F2O4S. The summed E-state index contributed by atoms with van der Waals surface area (Å²) in [6, 6.07) is 0. The first kappa shape index (κ1) is 12.5. The molecule has 0 spiro atoms. The lowest BCUT2D eigenvalue weighted by Crippen LogP contribution is -2.31. The molecule has 2 atom stereocenters. The Balaban J connectivity index is 2.55. The summed E-state index contributed by atoms with van der Waals surface area (Å²) in [4.78, 5) is 0. The predicted molar refractivity (Wildman–Crippen MR) is 49.2 cm³/mol. The first-order valence-corrected chi connectivity index (χ1v) is 6.12. The molecule has 4 nitrogen and oxygen atoms in total. The van der Waals surface area contributed by atoms with E-state index in [1.165, 1.54) is 6.08 Å². The van der Waals surface area contributed by atoms with Gasteiger partial charge >= 0.3 is 0 Å². The Morgan fingerprint density at radius 2 is 2.27 bits per heavy atom. The highest BCUT2D eigenvalue weighted by atomic mass is 32.2. The summed E-state index contributed by atoms with van der Waals surface area (Å²) in [5.41, 5.74) is 0. The van der Waals surface area contributed by atoms with Crippen LogP contribution in [0.4, 0.5) is 8.78 Å². The van der Waals surface area contributed by atoms with E-state index in [1.54, 1.807) is 6.08 Å². The van der Waals surface area contributed by atoms with Gasteiger partial charge in [-0.25, -0.2) is 8.78 Å². The van der Waals surface area contributed by atoms with Crippen LogP contribution in [-0.4, -0.2) is 40.4 Å². The zero-order valence-corrected chi connectivity index (χ0v) is 8.91. The van der Waals surface area contributed by atoms with Crippen LogP contribution in [0, 0.1) is 5.92 Å². The maximum Gasteiger partial charge on any atom is 0.264 e. The van der Waals surface area contributed by atoms with Gasteiger partial charge in [-0.3, -0.25) is 4.18 Å². The predicted octanol–water partition coefficient (Wildman–Crippen LogP) is 0.799. The quantitative estimate of drug-likeness (QED) is 0.528. The van der Waals surface area contributed by atoms with Gasteiger partial charge in [0.25, 0.3) is 10.1 Å². The summed E-state index contributed by atoms with van der Waals surface area (Å²) in [6.07, 6.45) is 0.468. The van der Waals surface area contributed by atoms with Gasteiger partial charge in [0.15, 0.2) is 0 Å². The van der Waals surface area contributed by atoms with E-state index in [1.807, 2.05) is 0 Å². The van der Waals surface area contributed by atoms with Crippen LogP contribution >= 0.6 is 0 Å². The van der Waals surface area contributed by atoms with Crippen molar-refractivity contribution < 1.29 is 26.1 Å². The summed E-state index contributed by atoms with van der Waals surface area (Å²) in [5, 5.41) is 0. The molecule has 0 radical (unpaired) electrons. The monoisotopic (exact) mass is 242 g/mol. The summed E-state index contributed by atoms with van der Waals surface area (Å²) in [7, 11) is -3.70. The molecule has 1 aliphatic heterocycles. The van der Waals surface area contributed by atoms with Crippen molar-refractivity contribution in [1.29, 1.82) is 0 Å². The third-order valence-electron chi connectivity index (χ3n) is 1.93. The molecule has 0 saturated heterocycles. The van der Waals surface area contributed by atoms with Crippen LogP contribution in [0.3, 0.4) is 0 Å². The van der Waals surface area contributed by atoms with Crippen LogP contribution in [0.5, 0.6) is 0 Å². The second kappa shape index (κ2) is 5.00. The van der Waals surface area contributed by atoms with Gasteiger partial charge in [0.2, 0.25) is 6.43 Å². The molecule has 0 bridgehead atoms. The van der Waals surface area contributed by atoms with Crippen LogP contribution in [-0.2, 0) is 19.0 Å². The molecule has 0 aliphatic carbocycles. The van der Waals surface area contributed by atoms with Gasteiger partial charge in [0.05, 0.1) is 31.5 Å². The van der Waals surface area contributed by atoms with Crippen molar-refractivity contribution in [3.63, 3.8) is 0 Å². The van der Waals surface area contributed by atoms with Gasteiger partial charge in [-0.2, -0.15) is 8.42 Å². The first-order chi connectivity index (χ1) is 6.90. The molecular weight excluding hydrogens is 230 g/mol. The van der Waals surface area contributed by atoms with Crippen molar-refractivity contribution in [2.45, 2.75) is 12.5 Å².